The molecule has 0 radical (unpaired) electrons. The molecule has 0 spiro atoms. The number of aromatic nitrogens is 2. The van der Waals surface area contributed by atoms with Crippen LogP contribution in [-0.4, -0.2) is 9.13 Å². The summed E-state index contributed by atoms with van der Waals surface area (Å²) in [5, 5.41) is 24.8. The number of rotatable bonds is 5. The maximum absolute atomic E-state index is 10.2. The smallest absolute Gasteiger partial charge is 0.0992 e. The van der Waals surface area contributed by atoms with Crippen molar-refractivity contribution in [3.63, 3.8) is 0 Å². The molecule has 0 atom stereocenters. The molecule has 4 heteroatoms. The van der Waals surface area contributed by atoms with E-state index >= 15 is 0 Å². The van der Waals surface area contributed by atoms with Crippen LogP contribution >= 0.6 is 0 Å². The second-order valence-corrected chi connectivity index (χ2v) is 13.6. The molecule has 0 unspecified atom stereocenters. The topological polar surface area (TPSA) is 57.4 Å². The molecule has 250 valence electrons. The monoisotopic (exact) mass is 686 g/mol. The van der Waals surface area contributed by atoms with Gasteiger partial charge in [-0.05, 0) is 101 Å². The fourth-order valence-electron chi connectivity index (χ4n) is 8.19. The zero-order chi connectivity index (χ0) is 36.2. The van der Waals surface area contributed by atoms with Crippen LogP contribution in [0.25, 0.3) is 88.4 Å². The number of para-hydroxylation sites is 2. The van der Waals surface area contributed by atoms with Gasteiger partial charge in [-0.2, -0.15) is 10.5 Å². The zero-order valence-electron chi connectivity index (χ0n) is 29.1. The molecule has 0 bridgehead atoms. The molecular weight excluding hydrogens is 657 g/mol. The molecule has 0 aliphatic rings. The van der Waals surface area contributed by atoms with Gasteiger partial charge in [0.15, 0.2) is 0 Å². The average Bonchev–Trinajstić information content (AvgIpc) is 3.76. The minimum Gasteiger partial charge on any atom is -0.309 e. The molecule has 0 saturated heterocycles. The number of benzene rings is 8. The summed E-state index contributed by atoms with van der Waals surface area (Å²) in [7, 11) is 0. The Morgan fingerprint density at radius 3 is 1.43 bits per heavy atom. The molecule has 54 heavy (non-hydrogen) atoms. The van der Waals surface area contributed by atoms with Crippen LogP contribution in [0.2, 0.25) is 0 Å². The van der Waals surface area contributed by atoms with Crippen molar-refractivity contribution in [1.82, 2.24) is 9.13 Å². The lowest BCUT2D eigenvalue weighted by Gasteiger charge is -2.17. The van der Waals surface area contributed by atoms with Gasteiger partial charge in [0.25, 0.3) is 0 Å². The summed E-state index contributed by atoms with van der Waals surface area (Å²) in [5.74, 6) is 0. The van der Waals surface area contributed by atoms with Crippen LogP contribution in [0.4, 0.5) is 0 Å². The Hall–Kier alpha value is -7.66. The summed E-state index contributed by atoms with van der Waals surface area (Å²) in [6.07, 6.45) is 0. The quantitative estimate of drug-likeness (QED) is 0.181. The second kappa shape index (κ2) is 12.5. The van der Waals surface area contributed by atoms with Gasteiger partial charge in [-0.15, -0.1) is 0 Å². The highest BCUT2D eigenvalue weighted by atomic mass is 15.0. The fourth-order valence-corrected chi connectivity index (χ4v) is 8.19. The van der Waals surface area contributed by atoms with Crippen LogP contribution in [0, 0.1) is 22.7 Å². The fraction of sp³-hybridized carbons (Fsp3) is 0. The van der Waals surface area contributed by atoms with E-state index in [4.69, 9.17) is 0 Å². The van der Waals surface area contributed by atoms with Crippen molar-refractivity contribution in [3.05, 3.63) is 193 Å². The van der Waals surface area contributed by atoms with Gasteiger partial charge < -0.3 is 9.13 Å². The van der Waals surface area contributed by atoms with Gasteiger partial charge in [0.1, 0.15) is 0 Å². The lowest BCUT2D eigenvalue weighted by molar-refractivity contribution is 1.17. The van der Waals surface area contributed by atoms with Crippen molar-refractivity contribution in [2.75, 3.05) is 0 Å². The van der Waals surface area contributed by atoms with E-state index in [0.717, 1.165) is 88.4 Å². The summed E-state index contributed by atoms with van der Waals surface area (Å²) in [6.45, 7) is 0. The van der Waals surface area contributed by atoms with E-state index < -0.39 is 0 Å². The Kier molecular flexibility index (Phi) is 7.22. The third-order valence-corrected chi connectivity index (χ3v) is 10.5. The largest absolute Gasteiger partial charge is 0.309 e. The van der Waals surface area contributed by atoms with Gasteiger partial charge in [0.2, 0.25) is 0 Å². The molecule has 0 fully saturated rings. The molecule has 10 aromatic rings. The normalized spacial score (nSPS) is 11.3. The van der Waals surface area contributed by atoms with Crippen molar-refractivity contribution in [1.29, 1.82) is 10.5 Å². The van der Waals surface area contributed by atoms with Gasteiger partial charge >= 0.3 is 0 Å². The van der Waals surface area contributed by atoms with Crippen molar-refractivity contribution in [3.8, 4) is 56.9 Å². The van der Waals surface area contributed by atoms with E-state index in [0.29, 0.717) is 11.1 Å². The van der Waals surface area contributed by atoms with Crippen molar-refractivity contribution in [2.45, 2.75) is 0 Å². The van der Waals surface area contributed by atoms with E-state index in [2.05, 4.69) is 167 Å². The van der Waals surface area contributed by atoms with E-state index in [-0.39, 0.29) is 0 Å². The highest BCUT2D eigenvalue weighted by Crippen LogP contribution is 2.45. The molecule has 2 heterocycles. The number of nitriles is 2. The zero-order valence-corrected chi connectivity index (χ0v) is 29.1. The van der Waals surface area contributed by atoms with E-state index in [1.807, 2.05) is 30.3 Å². The lowest BCUT2D eigenvalue weighted by atomic mass is 9.94. The number of hydrogen-bond donors (Lipinski definition) is 0. The van der Waals surface area contributed by atoms with Gasteiger partial charge in [0.05, 0.1) is 51.0 Å². The molecule has 2 aromatic heterocycles. The molecule has 10 rings (SSSR count). The summed E-state index contributed by atoms with van der Waals surface area (Å²) in [5.41, 5.74) is 13.6. The highest BCUT2D eigenvalue weighted by Gasteiger charge is 2.23. The van der Waals surface area contributed by atoms with Crippen LogP contribution < -0.4 is 0 Å². The number of nitrogens with zero attached hydrogens (tertiary/aromatic N) is 4. The Bertz CT molecular complexity index is 3030. The Morgan fingerprint density at radius 2 is 0.852 bits per heavy atom. The van der Waals surface area contributed by atoms with Crippen molar-refractivity contribution in [2.24, 2.45) is 0 Å². The minimum absolute atomic E-state index is 0.445. The van der Waals surface area contributed by atoms with Crippen LogP contribution in [0.15, 0.2) is 182 Å². The molecule has 0 aliphatic heterocycles. The Balaban J connectivity index is 1.37. The SMILES string of the molecule is N#Cc1cc(C#N)cc(-c2c(-n3c4ccc(-c5ccccc5)cc4c4cc(-c5ccccc5)ccc43)ccc3c2c2ccccc2n3-c2ccccc2)c1. The van der Waals surface area contributed by atoms with E-state index in [9.17, 15) is 10.5 Å². The van der Waals surface area contributed by atoms with Crippen LogP contribution in [0.1, 0.15) is 11.1 Å². The first-order chi connectivity index (χ1) is 26.7. The predicted molar refractivity (Wildman–Crippen MR) is 221 cm³/mol. The van der Waals surface area contributed by atoms with Gasteiger partial charge in [-0.25, -0.2) is 0 Å². The summed E-state index contributed by atoms with van der Waals surface area (Å²) in [4.78, 5) is 0. The standard InChI is InChI=1S/C50H30N4/c51-31-33-26-34(32-52)28-39(27-33)49-47(24-25-48-50(49)41-18-10-11-19-44(41)53(48)40-16-8-3-9-17-40)54-45-22-20-37(35-12-4-1-5-13-35)29-42(45)43-30-38(21-23-46(43)54)36-14-6-2-7-15-36/h1-30H. The van der Waals surface area contributed by atoms with Gasteiger partial charge in [0, 0.05) is 32.8 Å². The predicted octanol–water partition coefficient (Wildman–Crippen LogP) is 12.6. The number of hydrogen-bond acceptors (Lipinski definition) is 2. The summed E-state index contributed by atoms with van der Waals surface area (Å²) in [6, 6.07) is 68.0. The lowest BCUT2D eigenvalue weighted by Crippen LogP contribution is -2.00. The van der Waals surface area contributed by atoms with Crippen molar-refractivity contribution >= 4 is 43.6 Å². The second-order valence-electron chi connectivity index (χ2n) is 13.6. The van der Waals surface area contributed by atoms with Gasteiger partial charge in [-0.3, -0.25) is 0 Å². The van der Waals surface area contributed by atoms with Crippen LogP contribution in [0.3, 0.4) is 0 Å². The molecule has 0 amide bonds. The molecule has 0 saturated carbocycles. The summed E-state index contributed by atoms with van der Waals surface area (Å²) < 4.78 is 4.67. The first kappa shape index (κ1) is 31.1. The maximum atomic E-state index is 10.2. The number of fused-ring (bicyclic) bond motifs is 6. The summed E-state index contributed by atoms with van der Waals surface area (Å²) >= 11 is 0. The third kappa shape index (κ3) is 4.90. The molecule has 0 N–H and O–H groups in total. The average molecular weight is 687 g/mol. The molecule has 8 aromatic carbocycles. The van der Waals surface area contributed by atoms with Crippen LogP contribution in [-0.2, 0) is 0 Å². The molecule has 0 aliphatic carbocycles. The third-order valence-electron chi connectivity index (χ3n) is 10.5. The Morgan fingerprint density at radius 1 is 0.352 bits per heavy atom. The first-order valence-electron chi connectivity index (χ1n) is 18.0. The maximum Gasteiger partial charge on any atom is 0.0992 e. The molecular formula is C50H30N4. The van der Waals surface area contributed by atoms with Crippen molar-refractivity contribution < 1.29 is 0 Å². The molecule has 4 nitrogen and oxygen atoms in total. The first-order valence-corrected chi connectivity index (χ1v) is 18.0. The highest BCUT2D eigenvalue weighted by molar-refractivity contribution is 6.19. The van der Waals surface area contributed by atoms with E-state index in [1.54, 1.807) is 6.07 Å². The Labute approximate surface area is 312 Å². The van der Waals surface area contributed by atoms with Crippen LogP contribution in [0.5, 0.6) is 0 Å². The minimum atomic E-state index is 0.445. The van der Waals surface area contributed by atoms with Gasteiger partial charge in [-0.1, -0.05) is 109 Å². The van der Waals surface area contributed by atoms with E-state index in [1.165, 1.54) is 0 Å².